The summed E-state index contributed by atoms with van der Waals surface area (Å²) in [6.45, 7) is 1.73. The summed E-state index contributed by atoms with van der Waals surface area (Å²) in [6, 6.07) is 9.28. The molecule has 0 heterocycles. The van der Waals surface area contributed by atoms with E-state index in [1.165, 1.54) is 0 Å². The predicted octanol–water partition coefficient (Wildman–Crippen LogP) is 1.90. The summed E-state index contributed by atoms with van der Waals surface area (Å²) in [5.74, 6) is 0. The Kier molecular flexibility index (Phi) is 3.40. The van der Waals surface area contributed by atoms with E-state index in [4.69, 9.17) is 4.55 Å². The van der Waals surface area contributed by atoms with E-state index in [0.717, 1.165) is 5.56 Å². The van der Waals surface area contributed by atoms with E-state index in [0.29, 0.717) is 0 Å². The van der Waals surface area contributed by atoms with E-state index in [9.17, 15) is 4.21 Å². The van der Waals surface area contributed by atoms with Crippen molar-refractivity contribution >= 4 is 11.4 Å². The Morgan fingerprint density at radius 1 is 1.42 bits per heavy atom. The van der Waals surface area contributed by atoms with Crippen LogP contribution in [0.15, 0.2) is 30.3 Å². The standard InChI is InChI=1S/C8H10O3S/c1-7(11-12(9)10)8-5-3-2-4-6-8/h2-7H,1H3,(H,9,10)/t7-/m1/s1. The first-order valence-electron chi connectivity index (χ1n) is 3.53. The molecule has 0 bridgehead atoms. The lowest BCUT2D eigenvalue weighted by molar-refractivity contribution is 0.227. The molecule has 0 aliphatic carbocycles. The molecule has 0 amide bonds. The zero-order valence-corrected chi connectivity index (χ0v) is 7.45. The fraction of sp³-hybridized carbons (Fsp3) is 0.250. The van der Waals surface area contributed by atoms with Gasteiger partial charge in [-0.05, 0) is 12.5 Å². The van der Waals surface area contributed by atoms with E-state index in [1.54, 1.807) is 6.92 Å². The minimum Gasteiger partial charge on any atom is -0.284 e. The third-order valence-electron chi connectivity index (χ3n) is 1.50. The smallest absolute Gasteiger partial charge is 0.284 e. The van der Waals surface area contributed by atoms with Gasteiger partial charge in [0.1, 0.15) is 0 Å². The Bertz CT molecular complexity index is 260. The van der Waals surface area contributed by atoms with Crippen LogP contribution in [0.1, 0.15) is 18.6 Å². The van der Waals surface area contributed by atoms with E-state index in [1.807, 2.05) is 30.3 Å². The van der Waals surface area contributed by atoms with Gasteiger partial charge in [0.15, 0.2) is 0 Å². The largest absolute Gasteiger partial charge is 0.302 e. The molecule has 1 N–H and O–H groups in total. The summed E-state index contributed by atoms with van der Waals surface area (Å²) in [4.78, 5) is 0. The lowest BCUT2D eigenvalue weighted by Gasteiger charge is -2.08. The average molecular weight is 186 g/mol. The zero-order chi connectivity index (χ0) is 8.97. The van der Waals surface area contributed by atoms with Crippen LogP contribution in [-0.4, -0.2) is 8.76 Å². The Labute approximate surface area is 73.9 Å². The molecule has 0 aliphatic heterocycles. The summed E-state index contributed by atoms with van der Waals surface area (Å²) >= 11 is -2.20. The lowest BCUT2D eigenvalue weighted by Crippen LogP contribution is -2.01. The molecule has 1 unspecified atom stereocenters. The molecule has 0 aromatic heterocycles. The SMILES string of the molecule is C[C@@H](OS(=O)O)c1ccccc1. The van der Waals surface area contributed by atoms with Crippen LogP contribution in [0.5, 0.6) is 0 Å². The van der Waals surface area contributed by atoms with E-state index in [-0.39, 0.29) is 6.10 Å². The van der Waals surface area contributed by atoms with Gasteiger partial charge in [-0.25, -0.2) is 0 Å². The van der Waals surface area contributed by atoms with Gasteiger partial charge in [0.2, 0.25) is 0 Å². The van der Waals surface area contributed by atoms with Gasteiger partial charge in [0.05, 0.1) is 6.10 Å². The van der Waals surface area contributed by atoms with Crippen LogP contribution >= 0.6 is 0 Å². The predicted molar refractivity (Wildman–Crippen MR) is 46.7 cm³/mol. The molecule has 2 atom stereocenters. The van der Waals surface area contributed by atoms with E-state index >= 15 is 0 Å². The maximum Gasteiger partial charge on any atom is 0.302 e. The van der Waals surface area contributed by atoms with Crippen LogP contribution in [0.25, 0.3) is 0 Å². The third-order valence-corrected chi connectivity index (χ3v) is 1.95. The van der Waals surface area contributed by atoms with Gasteiger partial charge in [-0.15, -0.1) is 0 Å². The van der Waals surface area contributed by atoms with Gasteiger partial charge in [-0.3, -0.25) is 8.74 Å². The molecule has 0 radical (unpaired) electrons. The Balaban J connectivity index is 2.65. The number of rotatable bonds is 3. The van der Waals surface area contributed by atoms with Crippen molar-refractivity contribution in [1.82, 2.24) is 0 Å². The quantitative estimate of drug-likeness (QED) is 0.733. The maximum atomic E-state index is 10.3. The van der Waals surface area contributed by atoms with Gasteiger partial charge < -0.3 is 0 Å². The third kappa shape index (κ3) is 2.73. The molecule has 3 nitrogen and oxygen atoms in total. The van der Waals surface area contributed by atoms with Gasteiger partial charge in [-0.1, -0.05) is 30.3 Å². The van der Waals surface area contributed by atoms with Crippen LogP contribution in [0, 0.1) is 0 Å². The van der Waals surface area contributed by atoms with Crippen molar-refractivity contribution in [3.8, 4) is 0 Å². The van der Waals surface area contributed by atoms with Crippen molar-refractivity contribution in [3.05, 3.63) is 35.9 Å². The zero-order valence-electron chi connectivity index (χ0n) is 6.64. The van der Waals surface area contributed by atoms with E-state index < -0.39 is 11.4 Å². The normalized spacial score (nSPS) is 15.5. The topological polar surface area (TPSA) is 46.5 Å². The summed E-state index contributed by atoms with van der Waals surface area (Å²) in [5.41, 5.74) is 0.889. The van der Waals surface area contributed by atoms with Crippen molar-refractivity contribution in [2.45, 2.75) is 13.0 Å². The molecule has 0 spiro atoms. The first-order chi connectivity index (χ1) is 5.70. The van der Waals surface area contributed by atoms with Crippen molar-refractivity contribution in [2.75, 3.05) is 0 Å². The minimum atomic E-state index is -2.20. The van der Waals surface area contributed by atoms with Gasteiger partial charge in [0, 0.05) is 0 Å². The number of hydrogen-bond donors (Lipinski definition) is 1. The average Bonchev–Trinajstić information content (AvgIpc) is 2.05. The second-order valence-electron chi connectivity index (χ2n) is 2.37. The van der Waals surface area contributed by atoms with Crippen LogP contribution in [0.4, 0.5) is 0 Å². The molecule has 12 heavy (non-hydrogen) atoms. The summed E-state index contributed by atoms with van der Waals surface area (Å²) in [7, 11) is 0. The molecule has 0 aliphatic rings. The Hall–Kier alpha value is -0.710. The number of hydrogen-bond acceptors (Lipinski definition) is 2. The van der Waals surface area contributed by atoms with Crippen molar-refractivity contribution < 1.29 is 12.9 Å². The summed E-state index contributed by atoms with van der Waals surface area (Å²) in [5, 5.41) is 0. The van der Waals surface area contributed by atoms with Crippen LogP contribution in [0.3, 0.4) is 0 Å². The summed E-state index contributed by atoms with van der Waals surface area (Å²) < 4.78 is 23.4. The molecule has 0 saturated heterocycles. The highest BCUT2D eigenvalue weighted by Gasteiger charge is 2.07. The van der Waals surface area contributed by atoms with Crippen molar-refractivity contribution in [1.29, 1.82) is 0 Å². The van der Waals surface area contributed by atoms with Gasteiger partial charge in [-0.2, -0.15) is 4.21 Å². The second-order valence-corrected chi connectivity index (χ2v) is 2.99. The van der Waals surface area contributed by atoms with Crippen molar-refractivity contribution in [3.63, 3.8) is 0 Å². The van der Waals surface area contributed by atoms with Crippen LogP contribution in [0.2, 0.25) is 0 Å². The molecule has 1 aromatic rings. The number of benzene rings is 1. The lowest BCUT2D eigenvalue weighted by atomic mass is 10.1. The molecule has 66 valence electrons. The molecule has 4 heteroatoms. The molecule has 1 rings (SSSR count). The highest BCUT2D eigenvalue weighted by Crippen LogP contribution is 2.16. The molecule has 0 saturated carbocycles. The molecule has 0 fully saturated rings. The van der Waals surface area contributed by atoms with Gasteiger partial charge >= 0.3 is 11.4 Å². The van der Waals surface area contributed by atoms with Crippen molar-refractivity contribution in [2.24, 2.45) is 0 Å². The first kappa shape index (κ1) is 9.38. The minimum absolute atomic E-state index is 0.350. The van der Waals surface area contributed by atoms with Gasteiger partial charge in [0.25, 0.3) is 0 Å². The Morgan fingerprint density at radius 2 is 2.00 bits per heavy atom. The second kappa shape index (κ2) is 4.35. The van der Waals surface area contributed by atoms with E-state index in [2.05, 4.69) is 4.18 Å². The molecule has 1 aromatic carbocycles. The highest BCUT2D eigenvalue weighted by atomic mass is 32.2. The molecular weight excluding hydrogens is 176 g/mol. The fourth-order valence-corrected chi connectivity index (χ4v) is 1.26. The summed E-state index contributed by atoms with van der Waals surface area (Å²) in [6.07, 6.45) is -0.350. The first-order valence-corrected chi connectivity index (χ1v) is 4.56. The Morgan fingerprint density at radius 3 is 2.50 bits per heavy atom. The fourth-order valence-electron chi connectivity index (χ4n) is 0.903. The highest BCUT2D eigenvalue weighted by molar-refractivity contribution is 7.74. The van der Waals surface area contributed by atoms with Crippen LogP contribution < -0.4 is 0 Å². The molecular formula is C8H10O3S. The van der Waals surface area contributed by atoms with Crippen LogP contribution in [-0.2, 0) is 15.5 Å². The maximum absolute atomic E-state index is 10.3. The monoisotopic (exact) mass is 186 g/mol.